The fourth-order valence-corrected chi connectivity index (χ4v) is 0. The summed E-state index contributed by atoms with van der Waals surface area (Å²) in [4.78, 5) is 47.2. The van der Waals surface area contributed by atoms with Gasteiger partial charge in [0, 0.05) is 0 Å². The van der Waals surface area contributed by atoms with Crippen LogP contribution in [0, 0.1) is 0 Å². The Bertz CT molecular complexity index is 201. The summed E-state index contributed by atoms with van der Waals surface area (Å²) in [5, 5.41) is 0. The number of hydrogen-bond acceptors (Lipinski definition) is 5. The van der Waals surface area contributed by atoms with Gasteiger partial charge >= 0.3 is 0 Å². The van der Waals surface area contributed by atoms with E-state index in [2.05, 4.69) is 0 Å². The molecule has 0 saturated carbocycles. The maximum atomic E-state index is 9.44. The van der Waals surface area contributed by atoms with Crippen LogP contribution in [0.2, 0.25) is 0 Å². The minimum Gasteiger partial charge on any atom is -0.300 e. The first-order chi connectivity index (χ1) is 8.66. The van der Waals surface area contributed by atoms with Gasteiger partial charge in [0.1, 0.15) is 28.9 Å². The van der Waals surface area contributed by atoms with Gasteiger partial charge in [0.05, 0.1) is 0 Å². The minimum absolute atomic E-state index is 0.167. The summed E-state index contributed by atoms with van der Waals surface area (Å²) < 4.78 is 0. The highest BCUT2D eigenvalue weighted by molar-refractivity contribution is 5.73. The van der Waals surface area contributed by atoms with Crippen molar-refractivity contribution in [2.45, 2.75) is 69.2 Å². The molecule has 20 heavy (non-hydrogen) atoms. The van der Waals surface area contributed by atoms with Crippen molar-refractivity contribution in [1.82, 2.24) is 0 Å². The van der Waals surface area contributed by atoms with E-state index >= 15 is 0 Å². The van der Waals surface area contributed by atoms with Crippen molar-refractivity contribution in [3.8, 4) is 0 Å². The molecule has 0 unspecified atom stereocenters. The molecule has 120 valence electrons. The number of rotatable bonds is 0. The van der Waals surface area contributed by atoms with E-state index in [-0.39, 0.29) is 28.9 Å². The molecule has 0 aliphatic carbocycles. The highest BCUT2D eigenvalue weighted by Gasteiger charge is 1.63. The molecule has 0 aliphatic rings. The molecule has 0 bridgehead atoms. The van der Waals surface area contributed by atoms with Crippen molar-refractivity contribution < 1.29 is 24.0 Å². The van der Waals surface area contributed by atoms with Gasteiger partial charge in [-0.05, 0) is 69.2 Å². The second-order valence-electron chi connectivity index (χ2n) is 4.54. The largest absolute Gasteiger partial charge is 0.300 e. The van der Waals surface area contributed by atoms with Crippen LogP contribution in [0.5, 0.6) is 0 Å². The number of Topliss-reactive ketones (excluding diaryl/α,β-unsaturated/α-hetero) is 5. The van der Waals surface area contributed by atoms with E-state index in [1.165, 1.54) is 69.2 Å². The number of carbonyl (C=O) groups excluding carboxylic acids is 5. The first-order valence-electron chi connectivity index (χ1n) is 6.02. The van der Waals surface area contributed by atoms with Crippen molar-refractivity contribution in [2.24, 2.45) is 0 Å². The minimum atomic E-state index is 0.167. The van der Waals surface area contributed by atoms with Gasteiger partial charge in [-0.25, -0.2) is 0 Å². The molecule has 0 aliphatic heterocycles. The standard InChI is InChI=1S/5C3H6O/c5*1-3(2)4/h5*1-2H3. The van der Waals surface area contributed by atoms with Crippen LogP contribution in [0.25, 0.3) is 0 Å². The van der Waals surface area contributed by atoms with Crippen molar-refractivity contribution in [3.63, 3.8) is 0 Å². The van der Waals surface area contributed by atoms with E-state index in [1.807, 2.05) is 0 Å². The zero-order valence-corrected chi connectivity index (χ0v) is 14.5. The highest BCUT2D eigenvalue weighted by Crippen LogP contribution is 1.52. The SMILES string of the molecule is CC(C)=O.CC(C)=O.CC(C)=O.CC(C)=O.CC(C)=O. The summed E-state index contributed by atoms with van der Waals surface area (Å²) >= 11 is 0. The third-order valence-electron chi connectivity index (χ3n) is 0. The molecule has 0 aromatic carbocycles. The summed E-state index contributed by atoms with van der Waals surface area (Å²) in [5.41, 5.74) is 0. The lowest BCUT2D eigenvalue weighted by Crippen LogP contribution is -1.69. The molecule has 0 fully saturated rings. The van der Waals surface area contributed by atoms with E-state index < -0.39 is 0 Å². The molecule has 0 atom stereocenters. The van der Waals surface area contributed by atoms with Crippen LogP contribution in [0.15, 0.2) is 0 Å². The van der Waals surface area contributed by atoms with Gasteiger partial charge in [-0.2, -0.15) is 0 Å². The van der Waals surface area contributed by atoms with Crippen LogP contribution < -0.4 is 0 Å². The predicted molar refractivity (Wildman–Crippen MR) is 81.8 cm³/mol. The molecule has 0 rings (SSSR count). The Labute approximate surface area is 123 Å². The molecule has 0 aromatic heterocycles. The Morgan fingerprint density at radius 3 is 0.300 bits per heavy atom. The lowest BCUT2D eigenvalue weighted by Gasteiger charge is -1.56. The van der Waals surface area contributed by atoms with E-state index in [4.69, 9.17) is 0 Å². The third kappa shape index (κ3) is 1420. The Morgan fingerprint density at radius 2 is 0.300 bits per heavy atom. The molecular weight excluding hydrogens is 260 g/mol. The summed E-state index contributed by atoms with van der Waals surface area (Å²) in [6.45, 7) is 15.3. The first-order valence-corrected chi connectivity index (χ1v) is 6.02. The van der Waals surface area contributed by atoms with Crippen molar-refractivity contribution in [3.05, 3.63) is 0 Å². The Balaban J connectivity index is -0.0000000469. The summed E-state index contributed by atoms with van der Waals surface area (Å²) in [6, 6.07) is 0. The molecule has 0 aromatic rings. The van der Waals surface area contributed by atoms with Gasteiger partial charge in [-0.3, -0.25) is 0 Å². The molecule has 0 amide bonds. The predicted octanol–water partition coefficient (Wildman–Crippen LogP) is 2.98. The van der Waals surface area contributed by atoms with Crippen molar-refractivity contribution >= 4 is 28.9 Å². The highest BCUT2D eigenvalue weighted by atomic mass is 16.1. The maximum absolute atomic E-state index is 9.44. The van der Waals surface area contributed by atoms with Crippen LogP contribution in [0.1, 0.15) is 69.2 Å². The molecular formula is C15H30O5. The smallest absolute Gasteiger partial charge is 0.126 e. The van der Waals surface area contributed by atoms with Gasteiger partial charge < -0.3 is 24.0 Å². The van der Waals surface area contributed by atoms with Gasteiger partial charge in [0.25, 0.3) is 0 Å². The van der Waals surface area contributed by atoms with E-state index in [0.717, 1.165) is 0 Å². The number of ketones is 5. The maximum Gasteiger partial charge on any atom is 0.126 e. The van der Waals surface area contributed by atoms with Gasteiger partial charge in [-0.15, -0.1) is 0 Å². The molecule has 0 saturated heterocycles. The van der Waals surface area contributed by atoms with Crippen molar-refractivity contribution in [2.75, 3.05) is 0 Å². The second kappa shape index (κ2) is 26.0. The Morgan fingerprint density at radius 1 is 0.300 bits per heavy atom. The average molecular weight is 290 g/mol. The van der Waals surface area contributed by atoms with Crippen LogP contribution in [-0.2, 0) is 24.0 Å². The lowest BCUT2D eigenvalue weighted by atomic mass is 10.6. The van der Waals surface area contributed by atoms with Crippen LogP contribution in [0.4, 0.5) is 0 Å². The monoisotopic (exact) mass is 290 g/mol. The average Bonchev–Trinajstić information content (AvgIpc) is 1.94. The Kier molecular flexibility index (Phi) is 40.3. The summed E-state index contributed by atoms with van der Waals surface area (Å²) in [7, 11) is 0. The van der Waals surface area contributed by atoms with E-state index in [1.54, 1.807) is 0 Å². The van der Waals surface area contributed by atoms with Crippen LogP contribution >= 0.6 is 0 Å². The summed E-state index contributed by atoms with van der Waals surface area (Å²) in [5.74, 6) is 0.833. The fraction of sp³-hybridized carbons (Fsp3) is 0.667. The zero-order valence-electron chi connectivity index (χ0n) is 14.5. The fourth-order valence-electron chi connectivity index (χ4n) is 0. The molecule has 5 heteroatoms. The molecule has 5 nitrogen and oxygen atoms in total. The van der Waals surface area contributed by atoms with Crippen LogP contribution in [0.3, 0.4) is 0 Å². The Hall–Kier alpha value is -1.65. The van der Waals surface area contributed by atoms with Crippen LogP contribution in [-0.4, -0.2) is 28.9 Å². The zero-order chi connectivity index (χ0) is 17.9. The molecule has 0 spiro atoms. The second-order valence-corrected chi connectivity index (χ2v) is 4.54. The van der Waals surface area contributed by atoms with Gasteiger partial charge in [0.2, 0.25) is 0 Å². The molecule has 0 heterocycles. The topological polar surface area (TPSA) is 85.3 Å². The third-order valence-corrected chi connectivity index (χ3v) is 0. The molecule has 0 radical (unpaired) electrons. The number of hydrogen-bond donors (Lipinski definition) is 0. The normalized spacial score (nSPS) is 6.50. The number of carbonyl (C=O) groups is 5. The summed E-state index contributed by atoms with van der Waals surface area (Å²) in [6.07, 6.45) is 0. The van der Waals surface area contributed by atoms with Gasteiger partial charge in [0.15, 0.2) is 0 Å². The quantitative estimate of drug-likeness (QED) is 0.684. The molecule has 0 N–H and O–H groups in total. The lowest BCUT2D eigenvalue weighted by molar-refractivity contribution is -0.115. The van der Waals surface area contributed by atoms with E-state index in [9.17, 15) is 24.0 Å². The van der Waals surface area contributed by atoms with Crippen molar-refractivity contribution in [1.29, 1.82) is 0 Å². The van der Waals surface area contributed by atoms with Gasteiger partial charge in [-0.1, -0.05) is 0 Å². The van der Waals surface area contributed by atoms with E-state index in [0.29, 0.717) is 0 Å². The first kappa shape index (κ1) is 31.0.